The highest BCUT2D eigenvalue weighted by Crippen LogP contribution is 2.05. The van der Waals surface area contributed by atoms with Gasteiger partial charge >= 0.3 is 0 Å². The number of thiocarbonyl (C=S) groups is 1. The molecular weight excluding hydrogens is 196 g/mol. The molecule has 0 spiro atoms. The summed E-state index contributed by atoms with van der Waals surface area (Å²) in [4.78, 5) is 12.1. The lowest BCUT2D eigenvalue weighted by atomic mass is 10.1. The van der Waals surface area contributed by atoms with Gasteiger partial charge in [0.05, 0.1) is 5.56 Å². The average Bonchev–Trinajstić information content (AvgIpc) is 2.02. The quantitative estimate of drug-likeness (QED) is 0.744. The van der Waals surface area contributed by atoms with Crippen LogP contribution in [0.4, 0.5) is 0 Å². The second kappa shape index (κ2) is 3.92. The van der Waals surface area contributed by atoms with Crippen LogP contribution in [-0.4, -0.2) is 9.56 Å². The van der Waals surface area contributed by atoms with E-state index in [9.17, 15) is 4.79 Å². The Bertz CT molecular complexity index is 434. The van der Waals surface area contributed by atoms with Crippen LogP contribution in [0.2, 0.25) is 0 Å². The molecule has 4 heteroatoms. The summed E-state index contributed by atoms with van der Waals surface area (Å²) in [5.41, 5.74) is 7.68. The van der Waals surface area contributed by atoms with Crippen molar-refractivity contribution in [1.29, 1.82) is 0 Å². The van der Waals surface area contributed by atoms with Crippen molar-refractivity contribution in [2.24, 2.45) is 5.73 Å². The van der Waals surface area contributed by atoms with Gasteiger partial charge in [0.15, 0.2) is 0 Å². The maximum absolute atomic E-state index is 11.9. The Morgan fingerprint density at radius 2 is 2.14 bits per heavy atom. The van der Waals surface area contributed by atoms with Crippen molar-refractivity contribution in [2.45, 2.75) is 27.3 Å². The van der Waals surface area contributed by atoms with Gasteiger partial charge in [0.1, 0.15) is 4.99 Å². The highest BCUT2D eigenvalue weighted by molar-refractivity contribution is 7.80. The van der Waals surface area contributed by atoms with Crippen LogP contribution in [0.25, 0.3) is 0 Å². The summed E-state index contributed by atoms with van der Waals surface area (Å²) in [6.45, 7) is 6.32. The molecule has 0 aliphatic heterocycles. The molecule has 0 saturated carbocycles. The number of aromatic nitrogens is 1. The molecule has 0 atom stereocenters. The Morgan fingerprint density at radius 1 is 1.57 bits per heavy atom. The Hall–Kier alpha value is -1.16. The van der Waals surface area contributed by atoms with Crippen molar-refractivity contribution in [3.8, 4) is 0 Å². The van der Waals surface area contributed by atoms with Crippen LogP contribution in [-0.2, 0) is 6.54 Å². The first-order valence-electron chi connectivity index (χ1n) is 4.49. The predicted octanol–water partition coefficient (Wildman–Crippen LogP) is 1.12. The third kappa shape index (κ3) is 1.70. The van der Waals surface area contributed by atoms with Crippen molar-refractivity contribution in [1.82, 2.24) is 4.57 Å². The Labute approximate surface area is 88.5 Å². The van der Waals surface area contributed by atoms with Crippen molar-refractivity contribution in [3.05, 3.63) is 33.2 Å². The van der Waals surface area contributed by atoms with Gasteiger partial charge in [0, 0.05) is 12.2 Å². The number of aryl methyl sites for hydroxylation is 2. The average molecular weight is 210 g/mol. The summed E-state index contributed by atoms with van der Waals surface area (Å²) in [5, 5.41) is 0. The molecular formula is C10H14N2OS. The topological polar surface area (TPSA) is 48.0 Å². The van der Waals surface area contributed by atoms with Gasteiger partial charge in [0.25, 0.3) is 5.56 Å². The van der Waals surface area contributed by atoms with E-state index in [2.05, 4.69) is 0 Å². The molecule has 1 aromatic heterocycles. The van der Waals surface area contributed by atoms with Gasteiger partial charge in [-0.3, -0.25) is 4.79 Å². The molecule has 0 aliphatic carbocycles. The summed E-state index contributed by atoms with van der Waals surface area (Å²) >= 11 is 4.85. The van der Waals surface area contributed by atoms with Gasteiger partial charge in [-0.05, 0) is 32.4 Å². The minimum absolute atomic E-state index is 0.0856. The maximum atomic E-state index is 11.9. The summed E-state index contributed by atoms with van der Waals surface area (Å²) in [7, 11) is 0. The summed E-state index contributed by atoms with van der Waals surface area (Å²) < 4.78 is 1.67. The normalized spacial score (nSPS) is 10.2. The highest BCUT2D eigenvalue weighted by atomic mass is 32.1. The largest absolute Gasteiger partial charge is 0.389 e. The first kappa shape index (κ1) is 10.9. The zero-order valence-corrected chi connectivity index (χ0v) is 9.44. The van der Waals surface area contributed by atoms with Crippen LogP contribution in [0.3, 0.4) is 0 Å². The van der Waals surface area contributed by atoms with E-state index in [-0.39, 0.29) is 10.5 Å². The lowest BCUT2D eigenvalue weighted by Gasteiger charge is -2.11. The van der Waals surface area contributed by atoms with E-state index in [0.29, 0.717) is 12.1 Å². The standard InChI is InChI=1S/C10H14N2OS/c1-4-12-7(3)5-6(2)8(9(11)14)10(12)13/h5H,4H2,1-3H3,(H2,11,14). The summed E-state index contributed by atoms with van der Waals surface area (Å²) in [6, 6.07) is 1.93. The Kier molecular flexibility index (Phi) is 3.06. The van der Waals surface area contributed by atoms with Crippen molar-refractivity contribution in [2.75, 3.05) is 0 Å². The number of rotatable bonds is 2. The van der Waals surface area contributed by atoms with Crippen molar-refractivity contribution in [3.63, 3.8) is 0 Å². The van der Waals surface area contributed by atoms with Crippen LogP contribution in [0.5, 0.6) is 0 Å². The molecule has 76 valence electrons. The SMILES string of the molecule is CCn1c(C)cc(C)c(C(N)=S)c1=O. The molecule has 0 unspecified atom stereocenters. The van der Waals surface area contributed by atoms with E-state index in [0.717, 1.165) is 11.3 Å². The van der Waals surface area contributed by atoms with Gasteiger partial charge in [-0.1, -0.05) is 12.2 Å². The van der Waals surface area contributed by atoms with Gasteiger partial charge in [-0.2, -0.15) is 0 Å². The summed E-state index contributed by atoms with van der Waals surface area (Å²) in [6.07, 6.45) is 0. The molecule has 3 nitrogen and oxygen atoms in total. The fraction of sp³-hybridized carbons (Fsp3) is 0.400. The zero-order chi connectivity index (χ0) is 10.9. The van der Waals surface area contributed by atoms with E-state index in [1.165, 1.54) is 0 Å². The van der Waals surface area contributed by atoms with E-state index < -0.39 is 0 Å². The first-order valence-corrected chi connectivity index (χ1v) is 4.90. The molecule has 2 N–H and O–H groups in total. The van der Waals surface area contributed by atoms with E-state index in [1.54, 1.807) is 4.57 Å². The number of nitrogens with zero attached hydrogens (tertiary/aromatic N) is 1. The second-order valence-corrected chi connectivity index (χ2v) is 3.70. The molecule has 1 rings (SSSR count). The van der Waals surface area contributed by atoms with Crippen molar-refractivity contribution < 1.29 is 0 Å². The van der Waals surface area contributed by atoms with Gasteiger partial charge in [0.2, 0.25) is 0 Å². The lowest BCUT2D eigenvalue weighted by Crippen LogP contribution is -2.31. The molecule has 1 heterocycles. The van der Waals surface area contributed by atoms with Gasteiger partial charge < -0.3 is 10.3 Å². The second-order valence-electron chi connectivity index (χ2n) is 3.26. The molecule has 14 heavy (non-hydrogen) atoms. The smallest absolute Gasteiger partial charge is 0.261 e. The molecule has 1 aromatic rings. The maximum Gasteiger partial charge on any atom is 0.261 e. The zero-order valence-electron chi connectivity index (χ0n) is 8.63. The fourth-order valence-corrected chi connectivity index (χ4v) is 1.87. The molecule has 0 saturated heterocycles. The van der Waals surface area contributed by atoms with Crippen LogP contribution in [0, 0.1) is 13.8 Å². The van der Waals surface area contributed by atoms with E-state index >= 15 is 0 Å². The molecule has 0 amide bonds. The third-order valence-corrected chi connectivity index (χ3v) is 2.47. The number of hydrogen-bond acceptors (Lipinski definition) is 2. The Morgan fingerprint density at radius 3 is 2.57 bits per heavy atom. The monoisotopic (exact) mass is 210 g/mol. The summed E-state index contributed by atoms with van der Waals surface area (Å²) in [5.74, 6) is 0. The fourth-order valence-electron chi connectivity index (χ4n) is 1.62. The van der Waals surface area contributed by atoms with E-state index in [1.807, 2.05) is 26.8 Å². The first-order chi connectivity index (χ1) is 6.49. The minimum atomic E-state index is -0.0856. The number of hydrogen-bond donors (Lipinski definition) is 1. The van der Waals surface area contributed by atoms with Gasteiger partial charge in [-0.15, -0.1) is 0 Å². The Balaban J connectivity index is 3.61. The lowest BCUT2D eigenvalue weighted by molar-refractivity contribution is 0.697. The molecule has 0 aliphatic rings. The predicted molar refractivity (Wildman–Crippen MR) is 61.7 cm³/mol. The van der Waals surface area contributed by atoms with Crippen LogP contribution in [0.1, 0.15) is 23.7 Å². The molecule has 0 fully saturated rings. The van der Waals surface area contributed by atoms with Crippen LogP contribution < -0.4 is 11.3 Å². The van der Waals surface area contributed by atoms with Crippen LogP contribution in [0.15, 0.2) is 10.9 Å². The van der Waals surface area contributed by atoms with Crippen LogP contribution >= 0.6 is 12.2 Å². The van der Waals surface area contributed by atoms with Crippen molar-refractivity contribution >= 4 is 17.2 Å². The van der Waals surface area contributed by atoms with E-state index in [4.69, 9.17) is 18.0 Å². The molecule has 0 radical (unpaired) electrons. The minimum Gasteiger partial charge on any atom is -0.389 e. The van der Waals surface area contributed by atoms with Gasteiger partial charge in [-0.25, -0.2) is 0 Å². The molecule has 0 aromatic carbocycles. The number of nitrogens with two attached hydrogens (primary N) is 1. The third-order valence-electron chi connectivity index (χ3n) is 2.27. The number of pyridine rings is 1. The molecule has 0 bridgehead atoms. The highest BCUT2D eigenvalue weighted by Gasteiger charge is 2.10.